The molecule has 0 atom stereocenters. The van der Waals surface area contributed by atoms with E-state index in [1.54, 1.807) is 0 Å². The molecule has 19 heavy (non-hydrogen) atoms. The molecule has 0 amide bonds. The van der Waals surface area contributed by atoms with E-state index in [9.17, 15) is 19.4 Å². The lowest BCUT2D eigenvalue weighted by Crippen LogP contribution is -2.41. The molecule has 0 aromatic carbocycles. The number of rotatable bonds is 2. The minimum Gasteiger partial charge on any atom is -0.435 e. The fourth-order valence-corrected chi connectivity index (χ4v) is 7.64. The largest absolute Gasteiger partial charge is 0.617 e. The molecular weight excluding hydrogens is 326 g/mol. The van der Waals surface area contributed by atoms with Crippen LogP contribution in [0.2, 0.25) is 24.2 Å². The van der Waals surface area contributed by atoms with E-state index in [-0.39, 0.29) is 24.2 Å². The van der Waals surface area contributed by atoms with Gasteiger partial charge in [0.2, 0.25) is 0 Å². The van der Waals surface area contributed by atoms with Gasteiger partial charge in [-0.1, -0.05) is 0 Å². The molecule has 105 valence electrons. The summed E-state index contributed by atoms with van der Waals surface area (Å²) in [5.41, 5.74) is 0. The lowest BCUT2D eigenvalue weighted by molar-refractivity contribution is 0.249. The summed E-state index contributed by atoms with van der Waals surface area (Å²) in [6.07, 6.45) is 0. The highest BCUT2D eigenvalue weighted by Crippen LogP contribution is 2.11. The van der Waals surface area contributed by atoms with Crippen LogP contribution in [0.1, 0.15) is 0 Å². The van der Waals surface area contributed by atoms with Crippen LogP contribution in [0.4, 0.5) is 0 Å². The van der Waals surface area contributed by atoms with Crippen molar-refractivity contribution in [1.82, 2.24) is 0 Å². The predicted octanol–water partition coefficient (Wildman–Crippen LogP) is -3.50. The number of hydrogen-bond acceptors (Lipinski definition) is 9. The molecule has 0 unspecified atom stereocenters. The van der Waals surface area contributed by atoms with Crippen LogP contribution >= 0.6 is 0 Å². The van der Waals surface area contributed by atoms with Crippen LogP contribution in [0.25, 0.3) is 0 Å². The van der Waals surface area contributed by atoms with Gasteiger partial charge in [0, 0.05) is 0 Å². The van der Waals surface area contributed by atoms with E-state index in [4.69, 9.17) is 22.2 Å². The Labute approximate surface area is 118 Å². The maximum Gasteiger partial charge on any atom is 0.617 e. The van der Waals surface area contributed by atoms with E-state index in [0.717, 1.165) is 0 Å². The Bertz CT molecular complexity index is 254. The molecule has 0 bridgehead atoms. The third kappa shape index (κ3) is 7.85. The molecule has 15 heteroatoms. The smallest absolute Gasteiger partial charge is 0.435 e. The monoisotopic (exact) mass is 339 g/mol. The first-order valence-corrected chi connectivity index (χ1v) is 11.5. The standard InChI is InChI=1S/C4H13B2O9Si4/c7-5-12-19-4-3-18(11)15-17(10)2-1-16(9)13-6(8)14-19/h7-11H,1-4H2. The highest BCUT2D eigenvalue weighted by atomic mass is 28.4. The number of hydrogen-bond donors (Lipinski definition) is 5. The summed E-state index contributed by atoms with van der Waals surface area (Å²) in [5, 5.41) is 18.0. The van der Waals surface area contributed by atoms with Crippen LogP contribution in [0, 0.1) is 0 Å². The van der Waals surface area contributed by atoms with E-state index in [0.29, 0.717) is 7.69 Å². The van der Waals surface area contributed by atoms with E-state index < -0.39 is 44.5 Å². The highest BCUT2D eigenvalue weighted by molar-refractivity contribution is 6.66. The lowest BCUT2D eigenvalue weighted by atomic mass is 10.3. The normalized spacial score (nSPS) is 23.9. The molecule has 1 saturated heterocycles. The van der Waals surface area contributed by atoms with Crippen molar-refractivity contribution in [3.05, 3.63) is 0 Å². The molecule has 0 aromatic rings. The first-order valence-electron chi connectivity index (χ1n) is 5.33. The molecule has 9 nitrogen and oxygen atoms in total. The van der Waals surface area contributed by atoms with Crippen molar-refractivity contribution < 1.29 is 41.6 Å². The Hall–Kier alpha value is 0.637. The summed E-state index contributed by atoms with van der Waals surface area (Å²) in [5.74, 6) is 0. The van der Waals surface area contributed by atoms with Gasteiger partial charge in [-0.05, 0) is 24.2 Å². The summed E-state index contributed by atoms with van der Waals surface area (Å²) >= 11 is 0. The Morgan fingerprint density at radius 3 is 2.16 bits per heavy atom. The van der Waals surface area contributed by atoms with Gasteiger partial charge in [0.25, 0.3) is 0 Å². The van der Waals surface area contributed by atoms with Crippen molar-refractivity contribution in [3.63, 3.8) is 0 Å². The topological polar surface area (TPSA) is 138 Å². The van der Waals surface area contributed by atoms with Crippen molar-refractivity contribution in [3.8, 4) is 0 Å². The van der Waals surface area contributed by atoms with Gasteiger partial charge in [-0.2, -0.15) is 0 Å². The SMILES string of the molecule is O[B]O[Si]1CC[Si](O)O[Si](O)CC[Si](O)OB(O)O1. The van der Waals surface area contributed by atoms with Gasteiger partial charge in [-0.15, -0.1) is 0 Å². The maximum atomic E-state index is 9.61. The summed E-state index contributed by atoms with van der Waals surface area (Å²) in [6, 6.07) is 0.760. The van der Waals surface area contributed by atoms with Crippen molar-refractivity contribution in [2.45, 2.75) is 24.2 Å². The van der Waals surface area contributed by atoms with E-state index in [2.05, 4.69) is 0 Å². The van der Waals surface area contributed by atoms with Gasteiger partial charge in [-0.25, -0.2) is 0 Å². The van der Waals surface area contributed by atoms with Crippen LogP contribution in [0.3, 0.4) is 0 Å². The fourth-order valence-electron chi connectivity index (χ4n) is 1.18. The van der Waals surface area contributed by atoms with Crippen LogP contribution in [0.15, 0.2) is 0 Å². The van der Waals surface area contributed by atoms with E-state index in [1.807, 2.05) is 0 Å². The van der Waals surface area contributed by atoms with Gasteiger partial charge >= 0.3 is 52.1 Å². The van der Waals surface area contributed by atoms with Crippen LogP contribution in [0.5, 0.6) is 0 Å². The Balaban J connectivity index is 2.57. The molecule has 1 rings (SSSR count). The molecule has 5 N–H and O–H groups in total. The Kier molecular flexibility index (Phi) is 8.89. The van der Waals surface area contributed by atoms with E-state index >= 15 is 0 Å². The molecule has 0 saturated carbocycles. The second-order valence-corrected chi connectivity index (χ2v) is 10.1. The minimum absolute atomic E-state index is 0.139. The predicted molar refractivity (Wildman–Crippen MR) is 69.2 cm³/mol. The first kappa shape index (κ1) is 17.7. The van der Waals surface area contributed by atoms with Crippen LogP contribution in [-0.2, 0) is 17.1 Å². The average Bonchev–Trinajstić information content (AvgIpc) is 2.32. The lowest BCUT2D eigenvalue weighted by Gasteiger charge is -2.20. The Morgan fingerprint density at radius 1 is 0.947 bits per heavy atom. The summed E-state index contributed by atoms with van der Waals surface area (Å²) in [4.78, 5) is 28.7. The molecule has 0 aromatic heterocycles. The van der Waals surface area contributed by atoms with Crippen molar-refractivity contribution in [2.75, 3.05) is 0 Å². The third-order valence-electron chi connectivity index (χ3n) is 1.98. The van der Waals surface area contributed by atoms with Gasteiger partial charge < -0.3 is 41.6 Å². The van der Waals surface area contributed by atoms with Crippen LogP contribution in [-0.4, -0.2) is 76.6 Å². The highest BCUT2D eigenvalue weighted by Gasteiger charge is 2.33. The summed E-state index contributed by atoms with van der Waals surface area (Å²) in [6.45, 7) is 0. The van der Waals surface area contributed by atoms with E-state index in [1.165, 1.54) is 0 Å². The molecular formula is C4H13B2O9Si4. The molecule has 0 aliphatic carbocycles. The van der Waals surface area contributed by atoms with Crippen molar-refractivity contribution in [2.24, 2.45) is 0 Å². The molecule has 1 heterocycles. The van der Waals surface area contributed by atoms with Gasteiger partial charge in [0.1, 0.15) is 0 Å². The molecule has 1 fully saturated rings. The molecule has 1 aliphatic heterocycles. The van der Waals surface area contributed by atoms with Gasteiger partial charge in [-0.3, -0.25) is 0 Å². The van der Waals surface area contributed by atoms with Crippen LogP contribution < -0.4 is 0 Å². The molecule has 1 aliphatic rings. The second-order valence-electron chi connectivity index (χ2n) is 3.42. The zero-order chi connectivity index (χ0) is 14.3. The zero-order valence-electron chi connectivity index (χ0n) is 9.85. The summed E-state index contributed by atoms with van der Waals surface area (Å²) < 4.78 is 19.6. The van der Waals surface area contributed by atoms with Gasteiger partial charge in [0.05, 0.1) is 0 Å². The Morgan fingerprint density at radius 2 is 1.53 bits per heavy atom. The van der Waals surface area contributed by atoms with Crippen molar-refractivity contribution in [1.29, 1.82) is 0 Å². The van der Waals surface area contributed by atoms with Gasteiger partial charge in [0.15, 0.2) is 0 Å². The van der Waals surface area contributed by atoms with Crippen molar-refractivity contribution >= 4 is 52.1 Å². The third-order valence-corrected chi connectivity index (χ3v) is 8.87. The second kappa shape index (κ2) is 9.55. The quantitative estimate of drug-likeness (QED) is 0.324. The minimum atomic E-state index is -2.33. The maximum absolute atomic E-state index is 9.61. The molecule has 0 spiro atoms. The first-order chi connectivity index (χ1) is 9.01. The zero-order valence-corrected chi connectivity index (χ0v) is 13.9. The fraction of sp³-hybridized carbons (Fsp3) is 1.00. The summed E-state index contributed by atoms with van der Waals surface area (Å²) in [7, 11) is -10.0. The molecule has 5 radical (unpaired) electrons. The average molecular weight is 339 g/mol.